The second-order valence-electron chi connectivity index (χ2n) is 10.2. The van der Waals surface area contributed by atoms with Gasteiger partial charge in [-0.05, 0) is 82.1 Å². The van der Waals surface area contributed by atoms with Gasteiger partial charge in [-0.15, -0.1) is 0 Å². The number of halogens is 1. The summed E-state index contributed by atoms with van der Waals surface area (Å²) in [6.45, 7) is 4.15. The van der Waals surface area contributed by atoms with Crippen molar-refractivity contribution in [3.63, 3.8) is 0 Å². The molecule has 0 amide bonds. The quantitative estimate of drug-likeness (QED) is 0.143. The average Bonchev–Trinajstić information content (AvgIpc) is 3.33. The van der Waals surface area contributed by atoms with Crippen LogP contribution in [0.3, 0.4) is 0 Å². The zero-order chi connectivity index (χ0) is 30.8. The van der Waals surface area contributed by atoms with Crippen molar-refractivity contribution in [2.75, 3.05) is 13.7 Å². The molecule has 222 valence electrons. The molecule has 6 rings (SSSR count). The van der Waals surface area contributed by atoms with Gasteiger partial charge in [0.15, 0.2) is 16.3 Å². The first-order valence-electron chi connectivity index (χ1n) is 14.1. The van der Waals surface area contributed by atoms with Gasteiger partial charge in [-0.25, -0.2) is 9.79 Å². The smallest absolute Gasteiger partial charge is 0.338 e. The zero-order valence-electron chi connectivity index (χ0n) is 24.4. The average molecular weight is 717 g/mol. The van der Waals surface area contributed by atoms with Crippen LogP contribution >= 0.6 is 33.9 Å². The van der Waals surface area contributed by atoms with Crippen molar-refractivity contribution in [3.8, 4) is 11.5 Å². The van der Waals surface area contributed by atoms with E-state index < -0.39 is 12.0 Å². The van der Waals surface area contributed by atoms with Gasteiger partial charge in [0.2, 0.25) is 0 Å². The molecule has 0 bridgehead atoms. The van der Waals surface area contributed by atoms with E-state index in [9.17, 15) is 9.59 Å². The van der Waals surface area contributed by atoms with Crippen LogP contribution in [0, 0.1) is 3.57 Å². The van der Waals surface area contributed by atoms with Gasteiger partial charge in [0.1, 0.15) is 6.61 Å². The van der Waals surface area contributed by atoms with Gasteiger partial charge in [0, 0.05) is 0 Å². The zero-order valence-corrected chi connectivity index (χ0v) is 27.3. The SMILES string of the molecule is CCOC(=O)C1=C(C)N=c2s/c(=C/c3cc(I)c(OCc4cccc5ccccc45)c(OC)c3)c(=O)n2[C@@H]1c1ccccc1. The molecule has 0 N–H and O–H groups in total. The van der Waals surface area contributed by atoms with E-state index in [1.165, 1.54) is 11.3 Å². The van der Waals surface area contributed by atoms with Crippen LogP contribution in [0.15, 0.2) is 106 Å². The van der Waals surface area contributed by atoms with Gasteiger partial charge in [-0.2, -0.15) is 0 Å². The summed E-state index contributed by atoms with van der Waals surface area (Å²) in [7, 11) is 1.60. The van der Waals surface area contributed by atoms with E-state index in [0.717, 1.165) is 31.0 Å². The first kappa shape index (κ1) is 29.8. The Bertz CT molecular complexity index is 2090. The molecule has 1 aliphatic rings. The number of esters is 1. The number of hydrogen-bond acceptors (Lipinski definition) is 7. The highest BCUT2D eigenvalue weighted by Gasteiger charge is 2.33. The van der Waals surface area contributed by atoms with Crippen molar-refractivity contribution < 1.29 is 19.0 Å². The molecule has 7 nitrogen and oxygen atoms in total. The van der Waals surface area contributed by atoms with Gasteiger partial charge in [0.05, 0.1) is 39.1 Å². The van der Waals surface area contributed by atoms with Crippen LogP contribution in [0.4, 0.5) is 0 Å². The fourth-order valence-corrected chi connectivity index (χ4v) is 7.25. The fourth-order valence-electron chi connectivity index (χ4n) is 5.43. The molecule has 9 heteroatoms. The second kappa shape index (κ2) is 12.8. The minimum Gasteiger partial charge on any atom is -0.493 e. The minimum absolute atomic E-state index is 0.226. The maximum Gasteiger partial charge on any atom is 0.338 e. The molecule has 0 saturated heterocycles. The molecular formula is C35H29IN2O5S. The van der Waals surface area contributed by atoms with E-state index in [1.54, 1.807) is 25.5 Å². The summed E-state index contributed by atoms with van der Waals surface area (Å²) in [6, 6.07) is 27.1. The molecule has 5 aromatic rings. The van der Waals surface area contributed by atoms with Crippen LogP contribution in [0.1, 0.15) is 36.6 Å². The van der Waals surface area contributed by atoms with E-state index in [1.807, 2.05) is 66.7 Å². The summed E-state index contributed by atoms with van der Waals surface area (Å²) in [5, 5.41) is 2.30. The molecule has 0 unspecified atom stereocenters. The monoisotopic (exact) mass is 716 g/mol. The highest BCUT2D eigenvalue weighted by Crippen LogP contribution is 2.35. The lowest BCUT2D eigenvalue weighted by Gasteiger charge is -2.24. The van der Waals surface area contributed by atoms with Crippen LogP contribution in [0.25, 0.3) is 16.8 Å². The van der Waals surface area contributed by atoms with Crippen molar-refractivity contribution in [2.45, 2.75) is 26.5 Å². The number of aromatic nitrogens is 1. The standard InChI is InChI=1S/C35H29IN2O5S/c1-4-42-34(40)30-21(2)37-35-38(31(30)24-12-6-5-7-13-24)33(39)29(44-35)19-22-17-27(36)32(28(18-22)41-3)43-20-25-15-10-14-23-11-8-9-16-26(23)25/h5-19,31H,4,20H2,1-3H3/b29-19+/t31-/m1/s1. The number of allylic oxidation sites excluding steroid dienone is 1. The molecule has 1 aromatic heterocycles. The van der Waals surface area contributed by atoms with E-state index in [0.29, 0.717) is 38.7 Å². The number of nitrogens with zero attached hydrogens (tertiary/aromatic N) is 2. The topological polar surface area (TPSA) is 79.1 Å². The lowest BCUT2D eigenvalue weighted by molar-refractivity contribution is -0.139. The van der Waals surface area contributed by atoms with Gasteiger partial charge >= 0.3 is 5.97 Å². The van der Waals surface area contributed by atoms with Crippen LogP contribution in [-0.4, -0.2) is 24.3 Å². The lowest BCUT2D eigenvalue weighted by atomic mass is 9.96. The summed E-state index contributed by atoms with van der Waals surface area (Å²) in [5.74, 6) is 0.729. The Labute approximate surface area is 271 Å². The number of rotatable bonds is 8. The Morgan fingerprint density at radius 1 is 1.05 bits per heavy atom. The third-order valence-corrected chi connectivity index (χ3v) is 9.22. The van der Waals surface area contributed by atoms with Crippen molar-refractivity contribution in [2.24, 2.45) is 4.99 Å². The van der Waals surface area contributed by atoms with Crippen molar-refractivity contribution in [1.82, 2.24) is 4.57 Å². The largest absolute Gasteiger partial charge is 0.493 e. The summed E-state index contributed by atoms with van der Waals surface area (Å²) in [5.41, 5.74) is 3.33. The Hall–Kier alpha value is -4.22. The summed E-state index contributed by atoms with van der Waals surface area (Å²) < 4.78 is 20.4. The number of fused-ring (bicyclic) bond motifs is 2. The first-order chi connectivity index (χ1) is 21.4. The van der Waals surface area contributed by atoms with E-state index in [2.05, 4.69) is 51.8 Å². The number of hydrogen-bond donors (Lipinski definition) is 0. The van der Waals surface area contributed by atoms with Crippen LogP contribution in [0.5, 0.6) is 11.5 Å². The Morgan fingerprint density at radius 2 is 1.80 bits per heavy atom. The molecule has 2 heterocycles. The molecule has 1 atom stereocenters. The molecular weight excluding hydrogens is 687 g/mol. The number of methoxy groups -OCH3 is 1. The van der Waals surface area contributed by atoms with Crippen molar-refractivity contribution in [3.05, 3.63) is 136 Å². The van der Waals surface area contributed by atoms with Gasteiger partial charge in [-0.3, -0.25) is 9.36 Å². The Morgan fingerprint density at radius 3 is 2.57 bits per heavy atom. The van der Waals surface area contributed by atoms with Gasteiger partial charge in [0.25, 0.3) is 5.56 Å². The van der Waals surface area contributed by atoms with Gasteiger partial charge in [-0.1, -0.05) is 84.1 Å². The summed E-state index contributed by atoms with van der Waals surface area (Å²) in [6.07, 6.45) is 1.83. The van der Waals surface area contributed by atoms with Crippen molar-refractivity contribution >= 4 is 56.7 Å². The molecule has 0 aliphatic carbocycles. The maximum absolute atomic E-state index is 14.0. The van der Waals surface area contributed by atoms with E-state index >= 15 is 0 Å². The number of thiazole rings is 1. The molecule has 4 aromatic carbocycles. The lowest BCUT2D eigenvalue weighted by Crippen LogP contribution is -2.39. The number of ether oxygens (including phenoxy) is 3. The highest BCUT2D eigenvalue weighted by molar-refractivity contribution is 14.1. The molecule has 1 aliphatic heterocycles. The van der Waals surface area contributed by atoms with Crippen LogP contribution < -0.4 is 24.4 Å². The maximum atomic E-state index is 14.0. The molecule has 0 radical (unpaired) electrons. The Kier molecular flexibility index (Phi) is 8.67. The molecule has 0 fully saturated rings. The van der Waals surface area contributed by atoms with Gasteiger partial charge < -0.3 is 14.2 Å². The first-order valence-corrected chi connectivity index (χ1v) is 16.0. The minimum atomic E-state index is -0.645. The third kappa shape index (κ3) is 5.69. The second-order valence-corrected chi connectivity index (χ2v) is 12.3. The number of carbonyl (C=O) groups excluding carboxylic acids is 1. The van der Waals surface area contributed by atoms with Crippen LogP contribution in [-0.2, 0) is 16.1 Å². The fraction of sp³-hybridized carbons (Fsp3) is 0.171. The summed E-state index contributed by atoms with van der Waals surface area (Å²) >= 11 is 3.52. The molecule has 44 heavy (non-hydrogen) atoms. The number of benzene rings is 4. The molecule has 0 spiro atoms. The molecule has 0 saturated carbocycles. The number of carbonyl (C=O) groups is 1. The predicted molar refractivity (Wildman–Crippen MR) is 181 cm³/mol. The van der Waals surface area contributed by atoms with Crippen LogP contribution in [0.2, 0.25) is 0 Å². The van der Waals surface area contributed by atoms with Crippen molar-refractivity contribution in [1.29, 1.82) is 0 Å². The highest BCUT2D eigenvalue weighted by atomic mass is 127. The van der Waals surface area contributed by atoms with E-state index in [4.69, 9.17) is 14.2 Å². The predicted octanol–water partition coefficient (Wildman–Crippen LogP) is 6.14. The van der Waals surface area contributed by atoms with E-state index in [-0.39, 0.29) is 12.2 Å². The third-order valence-electron chi connectivity index (χ3n) is 7.43. The Balaban J connectivity index is 1.39. The normalized spacial score (nSPS) is 14.7. The summed E-state index contributed by atoms with van der Waals surface area (Å²) in [4.78, 5) is 32.2.